The number of hydrogen-bond donors (Lipinski definition) is 0. The van der Waals surface area contributed by atoms with Gasteiger partial charge < -0.3 is 0 Å². The van der Waals surface area contributed by atoms with E-state index in [-0.39, 0.29) is 0 Å². The Balaban J connectivity index is 0.000000224. The summed E-state index contributed by atoms with van der Waals surface area (Å²) >= 11 is 3.09. The third-order valence-corrected chi connectivity index (χ3v) is 3.28. The summed E-state index contributed by atoms with van der Waals surface area (Å²) in [6.45, 7) is 3.53. The van der Waals surface area contributed by atoms with E-state index in [0.29, 0.717) is 22.9 Å². The molecule has 0 saturated heterocycles. The van der Waals surface area contributed by atoms with Crippen LogP contribution in [0.4, 0.5) is 17.6 Å². The van der Waals surface area contributed by atoms with Gasteiger partial charge >= 0.3 is 0 Å². The monoisotopic (exact) mass is 374 g/mol. The minimum Gasteiger partial charge on any atom is -0.207 e. The molecule has 2 aromatic rings. The van der Waals surface area contributed by atoms with Crippen molar-refractivity contribution in [3.63, 3.8) is 0 Å². The van der Waals surface area contributed by atoms with E-state index in [1.54, 1.807) is 6.08 Å². The molecule has 0 unspecified atom stereocenters. The molecule has 2 rings (SSSR count). The van der Waals surface area contributed by atoms with Gasteiger partial charge in [-0.15, -0.1) is 6.58 Å². The molecule has 0 fully saturated rings. The van der Waals surface area contributed by atoms with Crippen LogP contribution in [0, 0.1) is 23.3 Å². The van der Waals surface area contributed by atoms with E-state index in [4.69, 9.17) is 0 Å². The minimum absolute atomic E-state index is 0.474. The Morgan fingerprint density at radius 3 is 1.55 bits per heavy atom. The van der Waals surface area contributed by atoms with Crippen LogP contribution in [-0.2, 0) is 11.8 Å². The van der Waals surface area contributed by atoms with Crippen LogP contribution in [0.3, 0.4) is 0 Å². The summed E-state index contributed by atoms with van der Waals surface area (Å²) < 4.78 is 49.9. The molecule has 0 bridgehead atoms. The number of allylic oxidation sites excluding steroid dienone is 1. The second-order valence-corrected chi connectivity index (χ2v) is 5.08. The number of halogens is 5. The SMILES string of the molecule is C=CCCc1cc(F)cc(F)c1.Fc1cc(F)cc(CBr)c1. The fraction of sp³-hybridized carbons (Fsp3) is 0.176. The van der Waals surface area contributed by atoms with E-state index in [0.717, 1.165) is 18.6 Å². The summed E-state index contributed by atoms with van der Waals surface area (Å²) in [4.78, 5) is 0. The first-order valence-corrected chi connectivity index (χ1v) is 7.63. The quantitative estimate of drug-likeness (QED) is 0.352. The van der Waals surface area contributed by atoms with Gasteiger partial charge in [0.2, 0.25) is 0 Å². The predicted molar refractivity (Wildman–Crippen MR) is 83.9 cm³/mol. The standard InChI is InChI=1S/C10H10F2.C7H5BrF2/c1-2-3-4-8-5-9(11)7-10(12)6-8;8-4-5-1-6(9)3-7(10)2-5/h2,5-7H,1,3-4H2;1-3H,4H2. The van der Waals surface area contributed by atoms with Crippen LogP contribution in [0.2, 0.25) is 0 Å². The fourth-order valence-corrected chi connectivity index (χ4v) is 2.04. The van der Waals surface area contributed by atoms with E-state index in [9.17, 15) is 17.6 Å². The molecule has 0 heterocycles. The molecule has 22 heavy (non-hydrogen) atoms. The molecular weight excluding hydrogens is 360 g/mol. The van der Waals surface area contributed by atoms with Gasteiger partial charge in [0, 0.05) is 17.5 Å². The lowest BCUT2D eigenvalue weighted by Gasteiger charge is -1.98. The largest absolute Gasteiger partial charge is 0.207 e. The van der Waals surface area contributed by atoms with Gasteiger partial charge in [0.25, 0.3) is 0 Å². The molecule has 0 saturated carbocycles. The van der Waals surface area contributed by atoms with Crippen molar-refractivity contribution in [2.75, 3.05) is 0 Å². The topological polar surface area (TPSA) is 0 Å². The summed E-state index contributed by atoms with van der Waals surface area (Å²) in [5, 5.41) is 0.474. The molecule has 0 nitrogen and oxygen atoms in total. The number of aryl methyl sites for hydroxylation is 1. The zero-order chi connectivity index (χ0) is 16.5. The highest BCUT2D eigenvalue weighted by Gasteiger charge is 1.99. The fourth-order valence-electron chi connectivity index (χ4n) is 1.71. The second-order valence-electron chi connectivity index (χ2n) is 4.52. The molecular formula is C17H15BrF4. The molecule has 2 aromatic carbocycles. The van der Waals surface area contributed by atoms with Gasteiger partial charge in [0.15, 0.2) is 0 Å². The highest BCUT2D eigenvalue weighted by Crippen LogP contribution is 2.11. The van der Waals surface area contributed by atoms with Crippen LogP contribution in [0.1, 0.15) is 17.5 Å². The molecule has 0 atom stereocenters. The first-order valence-electron chi connectivity index (χ1n) is 6.51. The normalized spacial score (nSPS) is 9.86. The van der Waals surface area contributed by atoms with Gasteiger partial charge in [-0.3, -0.25) is 0 Å². The van der Waals surface area contributed by atoms with Crippen molar-refractivity contribution in [3.05, 3.63) is 83.4 Å². The van der Waals surface area contributed by atoms with E-state index >= 15 is 0 Å². The summed E-state index contributed by atoms with van der Waals surface area (Å²) in [6.07, 6.45) is 3.10. The van der Waals surface area contributed by atoms with Crippen molar-refractivity contribution in [1.29, 1.82) is 0 Å². The first kappa shape index (κ1) is 18.4. The molecule has 0 N–H and O–H groups in total. The van der Waals surface area contributed by atoms with Crippen molar-refractivity contribution in [2.45, 2.75) is 18.2 Å². The van der Waals surface area contributed by atoms with Crippen molar-refractivity contribution >= 4 is 15.9 Å². The Labute approximate surface area is 135 Å². The molecule has 5 heteroatoms. The van der Waals surface area contributed by atoms with Crippen molar-refractivity contribution in [1.82, 2.24) is 0 Å². The van der Waals surface area contributed by atoms with Crippen LogP contribution in [0.15, 0.2) is 49.1 Å². The second kappa shape index (κ2) is 9.41. The molecule has 0 aromatic heterocycles. The van der Waals surface area contributed by atoms with Crippen LogP contribution in [0.5, 0.6) is 0 Å². The van der Waals surface area contributed by atoms with Gasteiger partial charge in [-0.1, -0.05) is 22.0 Å². The Morgan fingerprint density at radius 2 is 1.18 bits per heavy atom. The lowest BCUT2D eigenvalue weighted by molar-refractivity contribution is 0.579. The molecule has 118 valence electrons. The van der Waals surface area contributed by atoms with E-state index in [1.165, 1.54) is 24.3 Å². The average Bonchev–Trinajstić information content (AvgIpc) is 2.43. The lowest BCUT2D eigenvalue weighted by atomic mass is 10.1. The Kier molecular flexibility index (Phi) is 7.88. The van der Waals surface area contributed by atoms with E-state index in [1.807, 2.05) is 0 Å². The molecule has 0 aliphatic heterocycles. The maximum atomic E-state index is 12.6. The molecule has 0 spiro atoms. The summed E-state index contributed by atoms with van der Waals surface area (Å²) in [5.41, 5.74) is 1.28. The van der Waals surface area contributed by atoms with Crippen LogP contribution >= 0.6 is 15.9 Å². The number of hydrogen-bond acceptors (Lipinski definition) is 0. The molecule has 0 radical (unpaired) electrons. The third-order valence-electron chi connectivity index (χ3n) is 2.64. The zero-order valence-corrected chi connectivity index (χ0v) is 13.3. The van der Waals surface area contributed by atoms with Crippen molar-refractivity contribution in [3.8, 4) is 0 Å². The third kappa shape index (κ3) is 6.89. The van der Waals surface area contributed by atoms with Crippen LogP contribution < -0.4 is 0 Å². The van der Waals surface area contributed by atoms with Crippen molar-refractivity contribution < 1.29 is 17.6 Å². The number of alkyl halides is 1. The molecule has 0 aliphatic carbocycles. The van der Waals surface area contributed by atoms with Gasteiger partial charge in [-0.05, 0) is 48.2 Å². The smallest absolute Gasteiger partial charge is 0.126 e. The first-order chi connectivity index (χ1) is 10.4. The van der Waals surface area contributed by atoms with Gasteiger partial charge in [0.1, 0.15) is 23.3 Å². The Bertz CT molecular complexity index is 586. The van der Waals surface area contributed by atoms with E-state index < -0.39 is 23.3 Å². The summed E-state index contributed by atoms with van der Waals surface area (Å²) in [6, 6.07) is 6.98. The number of rotatable bonds is 4. The molecule has 0 amide bonds. The summed E-state index contributed by atoms with van der Waals surface area (Å²) in [7, 11) is 0. The average molecular weight is 375 g/mol. The van der Waals surface area contributed by atoms with Crippen LogP contribution in [-0.4, -0.2) is 0 Å². The van der Waals surface area contributed by atoms with Crippen LogP contribution in [0.25, 0.3) is 0 Å². The van der Waals surface area contributed by atoms with Gasteiger partial charge in [-0.25, -0.2) is 17.6 Å². The lowest BCUT2D eigenvalue weighted by Crippen LogP contribution is -1.87. The van der Waals surface area contributed by atoms with Gasteiger partial charge in [0.05, 0.1) is 0 Å². The molecule has 0 aliphatic rings. The Hall–Kier alpha value is -1.62. The summed E-state index contributed by atoms with van der Waals surface area (Å²) in [5.74, 6) is -2.10. The maximum Gasteiger partial charge on any atom is 0.126 e. The number of benzene rings is 2. The Morgan fingerprint density at radius 1 is 0.773 bits per heavy atom. The minimum atomic E-state index is -0.533. The van der Waals surface area contributed by atoms with Gasteiger partial charge in [-0.2, -0.15) is 0 Å². The van der Waals surface area contributed by atoms with E-state index in [2.05, 4.69) is 22.5 Å². The highest BCUT2D eigenvalue weighted by atomic mass is 79.9. The highest BCUT2D eigenvalue weighted by molar-refractivity contribution is 9.08. The zero-order valence-electron chi connectivity index (χ0n) is 11.8. The maximum absolute atomic E-state index is 12.6. The predicted octanol–water partition coefficient (Wildman–Crippen LogP) is 5.94. The van der Waals surface area contributed by atoms with Crippen molar-refractivity contribution in [2.24, 2.45) is 0 Å².